The highest BCUT2D eigenvalue weighted by molar-refractivity contribution is 5.79. The van der Waals surface area contributed by atoms with Gasteiger partial charge in [0.25, 0.3) is 0 Å². The molecule has 0 aliphatic carbocycles. The van der Waals surface area contributed by atoms with Crippen LogP contribution in [0, 0.1) is 13.8 Å². The fraction of sp³-hybridized carbons (Fsp3) is 0.750. The molecular formula is C16H26F2N4O. The zero-order valence-corrected chi connectivity index (χ0v) is 14.1. The molecule has 0 aromatic carbocycles. The van der Waals surface area contributed by atoms with E-state index in [2.05, 4.69) is 22.2 Å². The number of rotatable bonds is 6. The summed E-state index contributed by atoms with van der Waals surface area (Å²) >= 11 is 0. The van der Waals surface area contributed by atoms with Crippen LogP contribution in [0.2, 0.25) is 0 Å². The summed E-state index contributed by atoms with van der Waals surface area (Å²) in [5.41, 5.74) is 1.44. The van der Waals surface area contributed by atoms with Crippen LogP contribution in [0.5, 0.6) is 0 Å². The van der Waals surface area contributed by atoms with Crippen molar-refractivity contribution >= 4 is 5.91 Å². The highest BCUT2D eigenvalue weighted by Crippen LogP contribution is 2.19. The van der Waals surface area contributed by atoms with Gasteiger partial charge in [-0.3, -0.25) is 9.69 Å². The van der Waals surface area contributed by atoms with E-state index in [4.69, 9.17) is 0 Å². The van der Waals surface area contributed by atoms with Gasteiger partial charge in [0.1, 0.15) is 0 Å². The molecule has 1 aromatic rings. The molecule has 0 saturated carbocycles. The first-order valence-corrected chi connectivity index (χ1v) is 8.23. The first-order chi connectivity index (χ1) is 10.9. The molecular weight excluding hydrogens is 302 g/mol. The van der Waals surface area contributed by atoms with Crippen LogP contribution in [-0.4, -0.2) is 46.3 Å². The van der Waals surface area contributed by atoms with Crippen LogP contribution in [0.4, 0.5) is 8.78 Å². The quantitative estimate of drug-likeness (QED) is 0.872. The number of aromatic nitrogens is 2. The molecule has 2 heterocycles. The standard InChI is InChI=1S/C16H26F2N4O/c1-11(21-7-5-4-6-8-21)10-19-15(23)9-14-12(2)20-22(13(14)3)16(17)18/h11,16H,4-10H2,1-3H3,(H,19,23). The van der Waals surface area contributed by atoms with Crippen LogP contribution in [0.25, 0.3) is 0 Å². The Hall–Kier alpha value is -1.50. The fourth-order valence-electron chi connectivity index (χ4n) is 3.12. The second-order valence-electron chi connectivity index (χ2n) is 6.30. The molecule has 1 saturated heterocycles. The number of hydrogen-bond donors (Lipinski definition) is 1. The van der Waals surface area contributed by atoms with Gasteiger partial charge in [-0.15, -0.1) is 0 Å². The molecule has 1 N–H and O–H groups in total. The van der Waals surface area contributed by atoms with Crippen molar-refractivity contribution in [2.45, 2.75) is 59.0 Å². The summed E-state index contributed by atoms with van der Waals surface area (Å²) in [5.74, 6) is -0.145. The van der Waals surface area contributed by atoms with Crippen molar-refractivity contribution in [1.29, 1.82) is 0 Å². The Balaban J connectivity index is 1.87. The highest BCUT2D eigenvalue weighted by atomic mass is 19.3. The Labute approximate surface area is 136 Å². The van der Waals surface area contributed by atoms with Gasteiger partial charge in [-0.05, 0) is 46.7 Å². The summed E-state index contributed by atoms with van der Waals surface area (Å²) in [6.45, 7) is 5.41. The number of amides is 1. The van der Waals surface area contributed by atoms with E-state index < -0.39 is 6.55 Å². The molecule has 0 bridgehead atoms. The zero-order chi connectivity index (χ0) is 17.0. The maximum Gasteiger partial charge on any atom is 0.333 e. The Morgan fingerprint density at radius 3 is 2.48 bits per heavy atom. The zero-order valence-electron chi connectivity index (χ0n) is 14.1. The molecule has 7 heteroatoms. The third-order valence-electron chi connectivity index (χ3n) is 4.61. The normalized spacial score (nSPS) is 17.5. The van der Waals surface area contributed by atoms with Crippen LogP contribution < -0.4 is 5.32 Å². The molecule has 0 radical (unpaired) electrons. The SMILES string of the molecule is Cc1nn(C(F)F)c(C)c1CC(=O)NCC(C)N1CCCCC1. The fourth-order valence-corrected chi connectivity index (χ4v) is 3.12. The van der Waals surface area contributed by atoms with E-state index in [1.165, 1.54) is 19.3 Å². The van der Waals surface area contributed by atoms with E-state index in [1.54, 1.807) is 13.8 Å². The molecule has 130 valence electrons. The summed E-state index contributed by atoms with van der Waals surface area (Å²) in [4.78, 5) is 14.5. The largest absolute Gasteiger partial charge is 0.354 e. The van der Waals surface area contributed by atoms with Crippen molar-refractivity contribution in [2.75, 3.05) is 19.6 Å². The second-order valence-corrected chi connectivity index (χ2v) is 6.30. The lowest BCUT2D eigenvalue weighted by atomic mass is 10.1. The van der Waals surface area contributed by atoms with Gasteiger partial charge in [0.15, 0.2) is 0 Å². The highest BCUT2D eigenvalue weighted by Gasteiger charge is 2.20. The van der Waals surface area contributed by atoms with Gasteiger partial charge in [-0.1, -0.05) is 6.42 Å². The molecule has 5 nitrogen and oxygen atoms in total. The van der Waals surface area contributed by atoms with Gasteiger partial charge in [0, 0.05) is 23.8 Å². The minimum atomic E-state index is -2.68. The molecule has 1 aromatic heterocycles. The number of nitrogens with zero attached hydrogens (tertiary/aromatic N) is 3. The minimum absolute atomic E-state index is 0.0944. The molecule has 1 aliphatic heterocycles. The van der Waals surface area contributed by atoms with Crippen molar-refractivity contribution in [3.8, 4) is 0 Å². The van der Waals surface area contributed by atoms with Gasteiger partial charge in [0.05, 0.1) is 12.1 Å². The Bertz CT molecular complexity index is 538. The van der Waals surface area contributed by atoms with E-state index >= 15 is 0 Å². The molecule has 1 unspecified atom stereocenters. The van der Waals surface area contributed by atoms with Gasteiger partial charge in [-0.2, -0.15) is 13.9 Å². The number of aryl methyl sites for hydroxylation is 1. The van der Waals surface area contributed by atoms with Gasteiger partial charge in [0.2, 0.25) is 5.91 Å². The number of hydrogen-bond acceptors (Lipinski definition) is 3. The Kier molecular flexibility index (Phi) is 6.10. The summed E-state index contributed by atoms with van der Waals surface area (Å²) in [6.07, 6.45) is 3.80. The van der Waals surface area contributed by atoms with E-state index in [0.717, 1.165) is 13.1 Å². The van der Waals surface area contributed by atoms with Gasteiger partial charge in [-0.25, -0.2) is 4.68 Å². The van der Waals surface area contributed by atoms with Gasteiger partial charge >= 0.3 is 6.55 Å². The summed E-state index contributed by atoms with van der Waals surface area (Å²) < 4.78 is 26.3. The van der Waals surface area contributed by atoms with E-state index in [-0.39, 0.29) is 12.3 Å². The number of likely N-dealkylation sites (tertiary alicyclic amines) is 1. The number of carbonyl (C=O) groups excluding carboxylic acids is 1. The monoisotopic (exact) mass is 328 g/mol. The average Bonchev–Trinajstić information content (AvgIpc) is 2.81. The summed E-state index contributed by atoms with van der Waals surface area (Å²) in [7, 11) is 0. The van der Waals surface area contributed by atoms with Gasteiger partial charge < -0.3 is 5.32 Å². The first-order valence-electron chi connectivity index (χ1n) is 8.23. The average molecular weight is 328 g/mol. The maximum absolute atomic E-state index is 12.8. The molecule has 23 heavy (non-hydrogen) atoms. The van der Waals surface area contributed by atoms with Crippen molar-refractivity contribution in [1.82, 2.24) is 20.0 Å². The van der Waals surface area contributed by atoms with Crippen molar-refractivity contribution in [3.05, 3.63) is 17.0 Å². The Morgan fingerprint density at radius 1 is 1.26 bits per heavy atom. The Morgan fingerprint density at radius 2 is 1.91 bits per heavy atom. The third kappa shape index (κ3) is 4.50. The van der Waals surface area contributed by atoms with Crippen LogP contribution in [0.3, 0.4) is 0 Å². The maximum atomic E-state index is 12.8. The van der Waals surface area contributed by atoms with Crippen LogP contribution >= 0.6 is 0 Å². The molecule has 1 amide bonds. The van der Waals surface area contributed by atoms with Crippen molar-refractivity contribution in [3.63, 3.8) is 0 Å². The van der Waals surface area contributed by atoms with Crippen LogP contribution in [-0.2, 0) is 11.2 Å². The molecule has 1 atom stereocenters. The predicted octanol–water partition coefficient (Wildman–Crippen LogP) is 2.43. The number of piperidine rings is 1. The molecule has 1 fully saturated rings. The third-order valence-corrected chi connectivity index (χ3v) is 4.61. The van der Waals surface area contributed by atoms with E-state index in [9.17, 15) is 13.6 Å². The second kappa shape index (κ2) is 7.86. The molecule has 2 rings (SSSR count). The van der Waals surface area contributed by atoms with Crippen LogP contribution in [0.15, 0.2) is 0 Å². The minimum Gasteiger partial charge on any atom is -0.354 e. The number of carbonyl (C=O) groups is 1. The van der Waals surface area contributed by atoms with Crippen LogP contribution in [0.1, 0.15) is 49.7 Å². The predicted molar refractivity (Wildman–Crippen MR) is 84.6 cm³/mol. The lowest BCUT2D eigenvalue weighted by Gasteiger charge is -2.32. The summed E-state index contributed by atoms with van der Waals surface area (Å²) in [6, 6.07) is 0.297. The topological polar surface area (TPSA) is 50.2 Å². The van der Waals surface area contributed by atoms with E-state index in [0.29, 0.717) is 34.2 Å². The van der Waals surface area contributed by atoms with E-state index in [1.807, 2.05) is 0 Å². The first kappa shape index (κ1) is 17.8. The molecule has 1 aliphatic rings. The smallest absolute Gasteiger partial charge is 0.333 e. The lowest BCUT2D eigenvalue weighted by molar-refractivity contribution is -0.120. The lowest BCUT2D eigenvalue weighted by Crippen LogP contribution is -2.44. The van der Waals surface area contributed by atoms with Crippen molar-refractivity contribution in [2.24, 2.45) is 0 Å². The molecule has 0 spiro atoms. The number of nitrogens with one attached hydrogen (secondary N) is 1. The summed E-state index contributed by atoms with van der Waals surface area (Å²) in [5, 5.41) is 6.73. The van der Waals surface area contributed by atoms with Crippen molar-refractivity contribution < 1.29 is 13.6 Å². The number of halogens is 2. The number of alkyl halides is 2.